The minimum atomic E-state index is -0.290. The van der Waals surface area contributed by atoms with E-state index in [0.717, 1.165) is 15.6 Å². The molecule has 0 radical (unpaired) electrons. The highest BCUT2D eigenvalue weighted by atomic mass is 79.9. The molecule has 0 bridgehead atoms. The lowest BCUT2D eigenvalue weighted by molar-refractivity contribution is 0.0920. The van der Waals surface area contributed by atoms with E-state index >= 15 is 0 Å². The predicted octanol–water partition coefficient (Wildman–Crippen LogP) is 6.10. The number of ketones is 1. The molecule has 5 heteroatoms. The zero-order valence-corrected chi connectivity index (χ0v) is 18.2. The van der Waals surface area contributed by atoms with E-state index in [1.54, 1.807) is 30.3 Å². The van der Waals surface area contributed by atoms with Crippen LogP contribution in [0.15, 0.2) is 80.4 Å². The van der Waals surface area contributed by atoms with Gasteiger partial charge >= 0.3 is 0 Å². The SMILES string of the molecule is Cc1cc2oc(-c3ccccc3)c(OCC(=O)c3ccc(Br)cc3)c(=O)c2cc1C. The van der Waals surface area contributed by atoms with Crippen LogP contribution in [0.2, 0.25) is 0 Å². The molecule has 0 aliphatic carbocycles. The highest BCUT2D eigenvalue weighted by Crippen LogP contribution is 2.31. The van der Waals surface area contributed by atoms with E-state index in [2.05, 4.69) is 15.9 Å². The number of benzene rings is 3. The van der Waals surface area contributed by atoms with Crippen molar-refractivity contribution in [2.24, 2.45) is 0 Å². The first-order valence-corrected chi connectivity index (χ1v) is 10.3. The molecule has 3 aromatic carbocycles. The van der Waals surface area contributed by atoms with Crippen LogP contribution in [0.5, 0.6) is 5.75 Å². The van der Waals surface area contributed by atoms with Crippen molar-refractivity contribution in [3.63, 3.8) is 0 Å². The number of carbonyl (C=O) groups is 1. The maximum Gasteiger partial charge on any atom is 0.235 e. The van der Waals surface area contributed by atoms with Gasteiger partial charge in [0.2, 0.25) is 11.2 Å². The number of hydrogen-bond donors (Lipinski definition) is 0. The van der Waals surface area contributed by atoms with Crippen molar-refractivity contribution in [1.82, 2.24) is 0 Å². The van der Waals surface area contributed by atoms with Crippen LogP contribution in [0.25, 0.3) is 22.3 Å². The first-order valence-electron chi connectivity index (χ1n) is 9.49. The Morgan fingerprint density at radius 2 is 1.63 bits per heavy atom. The van der Waals surface area contributed by atoms with Gasteiger partial charge in [0.25, 0.3) is 0 Å². The molecule has 0 atom stereocenters. The molecule has 30 heavy (non-hydrogen) atoms. The molecule has 0 saturated carbocycles. The predicted molar refractivity (Wildman–Crippen MR) is 121 cm³/mol. The minimum Gasteiger partial charge on any atom is -0.478 e. The second-order valence-corrected chi connectivity index (χ2v) is 8.02. The van der Waals surface area contributed by atoms with Crippen molar-refractivity contribution in [2.75, 3.05) is 6.61 Å². The Morgan fingerprint density at radius 1 is 0.967 bits per heavy atom. The summed E-state index contributed by atoms with van der Waals surface area (Å²) in [5.41, 5.74) is 3.44. The molecule has 150 valence electrons. The van der Waals surface area contributed by atoms with Gasteiger partial charge in [-0.05, 0) is 49.2 Å². The summed E-state index contributed by atoms with van der Waals surface area (Å²) in [5, 5.41) is 0.434. The normalized spacial score (nSPS) is 10.9. The van der Waals surface area contributed by atoms with Gasteiger partial charge in [0.05, 0.1) is 5.39 Å². The zero-order chi connectivity index (χ0) is 21.3. The number of halogens is 1. The quantitative estimate of drug-likeness (QED) is 0.336. The lowest BCUT2D eigenvalue weighted by Gasteiger charge is -2.12. The van der Waals surface area contributed by atoms with Gasteiger partial charge in [-0.3, -0.25) is 9.59 Å². The number of rotatable bonds is 5. The van der Waals surface area contributed by atoms with Crippen LogP contribution in [-0.2, 0) is 0 Å². The molecule has 0 saturated heterocycles. The molecule has 4 nitrogen and oxygen atoms in total. The van der Waals surface area contributed by atoms with E-state index in [1.165, 1.54) is 0 Å². The molecular formula is C25H19BrO4. The van der Waals surface area contributed by atoms with Crippen molar-refractivity contribution in [1.29, 1.82) is 0 Å². The molecule has 0 spiro atoms. The average Bonchev–Trinajstić information content (AvgIpc) is 2.75. The van der Waals surface area contributed by atoms with Crippen molar-refractivity contribution >= 4 is 32.7 Å². The van der Waals surface area contributed by atoms with E-state index < -0.39 is 0 Å². The van der Waals surface area contributed by atoms with Crippen molar-refractivity contribution < 1.29 is 13.9 Å². The molecule has 1 aromatic heterocycles. The molecule has 4 aromatic rings. The smallest absolute Gasteiger partial charge is 0.235 e. The van der Waals surface area contributed by atoms with Crippen LogP contribution in [0.4, 0.5) is 0 Å². The van der Waals surface area contributed by atoms with Gasteiger partial charge in [0.15, 0.2) is 18.2 Å². The molecule has 1 heterocycles. The van der Waals surface area contributed by atoms with E-state index in [1.807, 2.05) is 50.2 Å². The summed E-state index contributed by atoms with van der Waals surface area (Å²) in [6.07, 6.45) is 0. The Balaban J connectivity index is 1.79. The molecule has 4 rings (SSSR count). The lowest BCUT2D eigenvalue weighted by atomic mass is 10.0. The number of carbonyl (C=O) groups excluding carboxylic acids is 1. The first-order chi connectivity index (χ1) is 14.4. The van der Waals surface area contributed by atoms with Crippen LogP contribution in [-0.4, -0.2) is 12.4 Å². The standard InChI is InChI=1S/C25H19BrO4/c1-15-12-20-22(13-16(15)2)30-24(18-6-4-3-5-7-18)25(23(20)28)29-14-21(27)17-8-10-19(26)11-9-17/h3-13H,14H2,1-2H3. The molecule has 0 unspecified atom stereocenters. The van der Waals surface area contributed by atoms with E-state index in [9.17, 15) is 9.59 Å². The summed E-state index contributed by atoms with van der Waals surface area (Å²) < 4.78 is 12.8. The summed E-state index contributed by atoms with van der Waals surface area (Å²) in [7, 11) is 0. The van der Waals surface area contributed by atoms with Crippen LogP contribution < -0.4 is 10.2 Å². The average molecular weight is 463 g/mol. The Hall–Kier alpha value is -3.18. The number of Topliss-reactive ketones (excluding diaryl/α,β-unsaturated/α-hetero) is 1. The van der Waals surface area contributed by atoms with Crippen molar-refractivity contribution in [2.45, 2.75) is 13.8 Å². The fraction of sp³-hybridized carbons (Fsp3) is 0.120. The number of hydrogen-bond acceptors (Lipinski definition) is 4. The van der Waals surface area contributed by atoms with Gasteiger partial charge in [0.1, 0.15) is 5.58 Å². The fourth-order valence-corrected chi connectivity index (χ4v) is 3.47. The highest BCUT2D eigenvalue weighted by molar-refractivity contribution is 9.10. The molecule has 0 aliphatic heterocycles. The van der Waals surface area contributed by atoms with Crippen molar-refractivity contribution in [3.8, 4) is 17.1 Å². The minimum absolute atomic E-state index is 0.0439. The largest absolute Gasteiger partial charge is 0.478 e. The first kappa shape index (κ1) is 20.1. The zero-order valence-electron chi connectivity index (χ0n) is 16.6. The highest BCUT2D eigenvalue weighted by Gasteiger charge is 2.19. The van der Waals surface area contributed by atoms with E-state index in [4.69, 9.17) is 9.15 Å². The number of fused-ring (bicyclic) bond motifs is 1. The molecular weight excluding hydrogens is 444 g/mol. The molecule has 0 aliphatic rings. The Morgan fingerprint density at radius 3 is 2.33 bits per heavy atom. The van der Waals surface area contributed by atoms with Gasteiger partial charge in [-0.2, -0.15) is 0 Å². The second kappa shape index (κ2) is 8.28. The van der Waals surface area contributed by atoms with Crippen molar-refractivity contribution in [3.05, 3.63) is 98.1 Å². The Kier molecular flexibility index (Phi) is 5.55. The lowest BCUT2D eigenvalue weighted by Crippen LogP contribution is -2.17. The topological polar surface area (TPSA) is 56.5 Å². The molecule has 0 amide bonds. The van der Waals surface area contributed by atoms with E-state index in [-0.39, 0.29) is 23.6 Å². The van der Waals surface area contributed by atoms with Gasteiger partial charge in [0, 0.05) is 15.6 Å². The fourth-order valence-electron chi connectivity index (χ4n) is 3.20. The summed E-state index contributed by atoms with van der Waals surface area (Å²) in [4.78, 5) is 25.9. The van der Waals surface area contributed by atoms with Crippen LogP contribution >= 0.6 is 15.9 Å². The Bertz CT molecular complexity index is 1290. The molecule has 0 N–H and O–H groups in total. The maximum atomic E-state index is 13.3. The number of aryl methyl sites for hydroxylation is 2. The van der Waals surface area contributed by atoms with Gasteiger partial charge in [-0.1, -0.05) is 58.4 Å². The summed E-state index contributed by atoms with van der Waals surface area (Å²) in [6.45, 7) is 3.65. The third kappa shape index (κ3) is 3.94. The second-order valence-electron chi connectivity index (χ2n) is 7.11. The Labute approximate surface area is 182 Å². The van der Waals surface area contributed by atoms with Gasteiger partial charge < -0.3 is 9.15 Å². The van der Waals surface area contributed by atoms with Crippen LogP contribution in [0.3, 0.4) is 0 Å². The van der Waals surface area contributed by atoms with Gasteiger partial charge in [-0.15, -0.1) is 0 Å². The third-order valence-electron chi connectivity index (χ3n) is 5.01. The van der Waals surface area contributed by atoms with Crippen LogP contribution in [0.1, 0.15) is 21.5 Å². The third-order valence-corrected chi connectivity index (χ3v) is 5.54. The van der Waals surface area contributed by atoms with E-state index in [0.29, 0.717) is 27.9 Å². The maximum absolute atomic E-state index is 13.3. The molecule has 0 fully saturated rings. The summed E-state index contributed by atoms with van der Waals surface area (Å²) >= 11 is 3.35. The summed E-state index contributed by atoms with van der Waals surface area (Å²) in [5.74, 6) is 0.142. The monoisotopic (exact) mass is 462 g/mol. The summed E-state index contributed by atoms with van der Waals surface area (Å²) in [6, 6.07) is 19.9. The number of ether oxygens (including phenoxy) is 1. The van der Waals surface area contributed by atoms with Gasteiger partial charge in [-0.25, -0.2) is 0 Å². The van der Waals surface area contributed by atoms with Crippen LogP contribution in [0, 0.1) is 13.8 Å².